The van der Waals surface area contributed by atoms with E-state index in [4.69, 9.17) is 4.55 Å². The van der Waals surface area contributed by atoms with E-state index in [2.05, 4.69) is 28.1 Å². The van der Waals surface area contributed by atoms with Gasteiger partial charge in [-0.2, -0.15) is 8.42 Å². The van der Waals surface area contributed by atoms with Gasteiger partial charge in [0, 0.05) is 35.7 Å². The van der Waals surface area contributed by atoms with E-state index in [0.29, 0.717) is 12.3 Å². The van der Waals surface area contributed by atoms with Gasteiger partial charge in [-0.05, 0) is 61.3 Å². The molecular weight excluding hydrogens is 372 g/mol. The Labute approximate surface area is 168 Å². The molecule has 1 aliphatic heterocycles. The van der Waals surface area contributed by atoms with Gasteiger partial charge in [0.2, 0.25) is 0 Å². The second-order valence-corrected chi connectivity index (χ2v) is 10.1. The van der Waals surface area contributed by atoms with E-state index >= 15 is 0 Å². The molecule has 0 saturated heterocycles. The number of benzene rings is 1. The fraction of sp³-hybridized carbons (Fsp3) is 0.636. The third kappa shape index (κ3) is 4.29. The first-order valence-corrected chi connectivity index (χ1v) is 12.6. The third-order valence-electron chi connectivity index (χ3n) is 6.54. The minimum absolute atomic E-state index is 0.612. The highest BCUT2D eigenvalue weighted by Gasteiger charge is 2.30. The van der Waals surface area contributed by atoms with Gasteiger partial charge in [0.05, 0.1) is 6.26 Å². The summed E-state index contributed by atoms with van der Waals surface area (Å²) in [6.45, 7) is 2.27. The molecule has 1 atom stereocenters. The highest BCUT2D eigenvalue weighted by molar-refractivity contribution is 7.85. The van der Waals surface area contributed by atoms with E-state index in [-0.39, 0.29) is 0 Å². The maximum absolute atomic E-state index is 9.19. The van der Waals surface area contributed by atoms with Gasteiger partial charge in [-0.15, -0.1) is 0 Å². The Bertz CT molecular complexity index is 930. The van der Waals surface area contributed by atoms with Crippen LogP contribution in [-0.2, 0) is 23.1 Å². The molecule has 5 nitrogen and oxygen atoms in total. The monoisotopic (exact) mass is 404 g/mol. The Balaban J connectivity index is 0.000000346. The summed E-state index contributed by atoms with van der Waals surface area (Å²) in [5, 5.41) is 5.32. The first-order chi connectivity index (χ1) is 13.4. The first kappa shape index (κ1) is 19.9. The van der Waals surface area contributed by atoms with Gasteiger partial charge < -0.3 is 9.88 Å². The standard InChI is InChI=1S/C21H28N2.CH4O3S/c1-2-4-7-15(6-3-1)16-10-11-20-18(14-16)17-8-5-9-19-21(17)23(20)13-12-22-19;1-5(2,3)4/h10-11,14-15,19,22H,1-9,12-13H2;1H3,(H,2,3,4). The summed E-state index contributed by atoms with van der Waals surface area (Å²) in [6.07, 6.45) is 13.2. The molecule has 5 rings (SSSR count). The third-order valence-corrected chi connectivity index (χ3v) is 6.54. The number of hydrogen-bond acceptors (Lipinski definition) is 3. The summed E-state index contributed by atoms with van der Waals surface area (Å²) in [4.78, 5) is 0. The summed E-state index contributed by atoms with van der Waals surface area (Å²) >= 11 is 0. The molecule has 0 radical (unpaired) electrons. The zero-order valence-corrected chi connectivity index (χ0v) is 17.6. The van der Waals surface area contributed by atoms with Crippen molar-refractivity contribution in [1.82, 2.24) is 9.88 Å². The van der Waals surface area contributed by atoms with Crippen LogP contribution in [0.15, 0.2) is 18.2 Å². The normalized spacial score (nSPS) is 22.9. The first-order valence-electron chi connectivity index (χ1n) is 10.7. The van der Waals surface area contributed by atoms with E-state index in [1.165, 1.54) is 63.3 Å². The van der Waals surface area contributed by atoms with Crippen molar-refractivity contribution in [3.05, 3.63) is 35.0 Å². The molecule has 1 aromatic heterocycles. The van der Waals surface area contributed by atoms with E-state index < -0.39 is 10.1 Å². The Morgan fingerprint density at radius 1 is 1.07 bits per heavy atom. The van der Waals surface area contributed by atoms with E-state index in [9.17, 15) is 8.42 Å². The largest absolute Gasteiger partial charge is 0.342 e. The van der Waals surface area contributed by atoms with Gasteiger partial charge >= 0.3 is 0 Å². The molecule has 0 spiro atoms. The van der Waals surface area contributed by atoms with Crippen LogP contribution in [0.5, 0.6) is 0 Å². The number of fused-ring (bicyclic) bond motifs is 3. The Hall–Kier alpha value is -1.37. The maximum atomic E-state index is 9.19. The summed E-state index contributed by atoms with van der Waals surface area (Å²) in [7, 11) is -3.67. The average Bonchev–Trinajstić information content (AvgIpc) is 2.83. The summed E-state index contributed by atoms with van der Waals surface area (Å²) in [5.41, 5.74) is 6.41. The quantitative estimate of drug-likeness (QED) is 0.540. The van der Waals surface area contributed by atoms with Gasteiger partial charge in [0.25, 0.3) is 10.1 Å². The lowest BCUT2D eigenvalue weighted by Crippen LogP contribution is -2.35. The second kappa shape index (κ2) is 8.17. The molecule has 3 aliphatic rings. The number of aromatic nitrogens is 1. The van der Waals surface area contributed by atoms with Crippen LogP contribution in [0.1, 0.15) is 80.1 Å². The van der Waals surface area contributed by atoms with Crippen molar-refractivity contribution in [1.29, 1.82) is 0 Å². The summed E-state index contributed by atoms with van der Waals surface area (Å²) < 4.78 is 28.5. The molecule has 1 unspecified atom stereocenters. The fourth-order valence-corrected chi connectivity index (χ4v) is 5.40. The molecule has 1 aromatic carbocycles. The maximum Gasteiger partial charge on any atom is 0.261 e. The molecule has 2 N–H and O–H groups in total. The molecule has 2 heterocycles. The van der Waals surface area contributed by atoms with Crippen LogP contribution in [0.4, 0.5) is 0 Å². The smallest absolute Gasteiger partial charge is 0.261 e. The van der Waals surface area contributed by atoms with Crippen LogP contribution < -0.4 is 5.32 Å². The molecule has 0 bridgehead atoms. The van der Waals surface area contributed by atoms with Crippen LogP contribution in [0, 0.1) is 0 Å². The molecule has 2 aliphatic carbocycles. The van der Waals surface area contributed by atoms with Crippen molar-refractivity contribution < 1.29 is 13.0 Å². The number of nitrogens with zero attached hydrogens (tertiary/aromatic N) is 1. The zero-order valence-electron chi connectivity index (χ0n) is 16.8. The Kier molecular flexibility index (Phi) is 5.81. The molecular formula is C22H32N2O3S. The van der Waals surface area contributed by atoms with Gasteiger partial charge in [0.1, 0.15) is 0 Å². The predicted molar refractivity (Wildman–Crippen MR) is 114 cm³/mol. The lowest BCUT2D eigenvalue weighted by Gasteiger charge is -2.31. The number of aryl methyl sites for hydroxylation is 1. The molecule has 1 fully saturated rings. The van der Waals surface area contributed by atoms with Crippen LogP contribution in [-0.4, -0.2) is 30.3 Å². The molecule has 154 valence electrons. The minimum atomic E-state index is -3.67. The lowest BCUT2D eigenvalue weighted by atomic mass is 9.88. The molecule has 28 heavy (non-hydrogen) atoms. The van der Waals surface area contributed by atoms with Gasteiger partial charge in [-0.25, -0.2) is 0 Å². The van der Waals surface area contributed by atoms with Crippen molar-refractivity contribution in [2.75, 3.05) is 12.8 Å². The average molecular weight is 405 g/mol. The van der Waals surface area contributed by atoms with Crippen LogP contribution >= 0.6 is 0 Å². The number of hydrogen-bond donors (Lipinski definition) is 2. The highest BCUT2D eigenvalue weighted by Crippen LogP contribution is 2.41. The minimum Gasteiger partial charge on any atom is -0.342 e. The van der Waals surface area contributed by atoms with Crippen LogP contribution in [0.2, 0.25) is 0 Å². The Morgan fingerprint density at radius 2 is 1.79 bits per heavy atom. The number of rotatable bonds is 1. The van der Waals surface area contributed by atoms with Crippen molar-refractivity contribution in [3.63, 3.8) is 0 Å². The Morgan fingerprint density at radius 3 is 2.50 bits per heavy atom. The van der Waals surface area contributed by atoms with E-state index in [1.54, 1.807) is 22.2 Å². The van der Waals surface area contributed by atoms with Gasteiger partial charge in [0.15, 0.2) is 0 Å². The zero-order chi connectivity index (χ0) is 19.7. The lowest BCUT2D eigenvalue weighted by molar-refractivity contribution is 0.384. The van der Waals surface area contributed by atoms with E-state index in [0.717, 1.165) is 19.0 Å². The van der Waals surface area contributed by atoms with Crippen molar-refractivity contribution in [2.45, 2.75) is 76.3 Å². The topological polar surface area (TPSA) is 71.3 Å². The summed E-state index contributed by atoms with van der Waals surface area (Å²) in [5.74, 6) is 0.809. The van der Waals surface area contributed by atoms with Gasteiger partial charge in [-0.3, -0.25) is 4.55 Å². The molecule has 6 heteroatoms. The fourth-order valence-electron chi connectivity index (χ4n) is 5.40. The molecule has 2 aromatic rings. The SMILES string of the molecule is CS(=O)(=O)O.c1cc2c(cc1C1CCCCCC1)c1c3n2CCNC3CCC1. The molecule has 1 saturated carbocycles. The van der Waals surface area contributed by atoms with Crippen molar-refractivity contribution in [2.24, 2.45) is 0 Å². The van der Waals surface area contributed by atoms with E-state index in [1.807, 2.05) is 0 Å². The highest BCUT2D eigenvalue weighted by atomic mass is 32.2. The van der Waals surface area contributed by atoms with Crippen molar-refractivity contribution in [3.8, 4) is 0 Å². The second-order valence-electron chi connectivity index (χ2n) is 8.61. The van der Waals surface area contributed by atoms with Crippen LogP contribution in [0.25, 0.3) is 10.9 Å². The summed E-state index contributed by atoms with van der Waals surface area (Å²) in [6, 6.07) is 8.08. The van der Waals surface area contributed by atoms with Gasteiger partial charge in [-0.1, -0.05) is 31.7 Å². The predicted octanol–water partition coefficient (Wildman–Crippen LogP) is 4.56. The van der Waals surface area contributed by atoms with Crippen LogP contribution in [0.3, 0.4) is 0 Å². The number of nitrogens with one attached hydrogen (secondary N) is 1. The van der Waals surface area contributed by atoms with Crippen molar-refractivity contribution >= 4 is 21.0 Å². The molecule has 0 amide bonds.